The maximum absolute atomic E-state index is 12.6. The highest BCUT2D eigenvalue weighted by atomic mass is 16.2. The van der Waals surface area contributed by atoms with E-state index in [0.29, 0.717) is 5.69 Å². The van der Waals surface area contributed by atoms with Crippen LogP contribution < -0.4 is 5.32 Å². The zero-order valence-electron chi connectivity index (χ0n) is 14.6. The van der Waals surface area contributed by atoms with Crippen LogP contribution in [0.5, 0.6) is 0 Å². The van der Waals surface area contributed by atoms with Gasteiger partial charge in [0.1, 0.15) is 0 Å². The molecule has 5 heteroatoms. The quantitative estimate of drug-likeness (QED) is 0.901. The number of aromatic amines is 1. The third-order valence-corrected chi connectivity index (χ3v) is 5.44. The highest BCUT2D eigenvalue weighted by Gasteiger charge is 2.25. The molecule has 0 bridgehead atoms. The molecule has 1 aromatic heterocycles. The SMILES string of the molecule is O=C(NC1CCN(Cc2ccccc2)CC1)c1n[nH]c2c1CCCC2. The maximum Gasteiger partial charge on any atom is 0.272 e. The summed E-state index contributed by atoms with van der Waals surface area (Å²) in [5.74, 6) is 0.000842. The van der Waals surface area contributed by atoms with Gasteiger partial charge >= 0.3 is 0 Å². The van der Waals surface area contributed by atoms with Gasteiger partial charge in [-0.3, -0.25) is 14.8 Å². The van der Waals surface area contributed by atoms with E-state index in [1.807, 2.05) is 0 Å². The van der Waals surface area contributed by atoms with Gasteiger partial charge in [-0.25, -0.2) is 0 Å². The molecule has 132 valence electrons. The van der Waals surface area contributed by atoms with Crippen LogP contribution in [0.15, 0.2) is 30.3 Å². The number of fused-ring (bicyclic) bond motifs is 1. The van der Waals surface area contributed by atoms with Gasteiger partial charge < -0.3 is 5.32 Å². The van der Waals surface area contributed by atoms with Crippen LogP contribution >= 0.6 is 0 Å². The van der Waals surface area contributed by atoms with Crippen LogP contribution in [0.4, 0.5) is 0 Å². The number of piperidine rings is 1. The Bertz CT molecular complexity index is 717. The minimum atomic E-state index is 0.000842. The third kappa shape index (κ3) is 3.76. The Balaban J connectivity index is 1.30. The van der Waals surface area contributed by atoms with E-state index >= 15 is 0 Å². The van der Waals surface area contributed by atoms with Crippen molar-refractivity contribution < 1.29 is 4.79 Å². The number of rotatable bonds is 4. The van der Waals surface area contributed by atoms with Crippen molar-refractivity contribution in [2.45, 2.75) is 51.1 Å². The molecule has 0 saturated carbocycles. The molecule has 0 spiro atoms. The molecule has 0 atom stereocenters. The zero-order valence-corrected chi connectivity index (χ0v) is 14.6. The zero-order chi connectivity index (χ0) is 17.1. The molecule has 0 unspecified atom stereocenters. The Morgan fingerprint density at radius 3 is 2.72 bits per heavy atom. The van der Waals surface area contributed by atoms with Crippen molar-refractivity contribution in [3.05, 3.63) is 52.8 Å². The molecular formula is C20H26N4O. The predicted molar refractivity (Wildman–Crippen MR) is 97.4 cm³/mol. The molecule has 2 heterocycles. The van der Waals surface area contributed by atoms with E-state index in [2.05, 4.69) is 50.7 Å². The highest BCUT2D eigenvalue weighted by Crippen LogP contribution is 2.22. The van der Waals surface area contributed by atoms with Crippen LogP contribution in [0.25, 0.3) is 0 Å². The van der Waals surface area contributed by atoms with Crippen LogP contribution in [0.2, 0.25) is 0 Å². The Kier molecular flexibility index (Phi) is 4.83. The van der Waals surface area contributed by atoms with Crippen molar-refractivity contribution >= 4 is 5.91 Å². The summed E-state index contributed by atoms with van der Waals surface area (Å²) < 4.78 is 0. The van der Waals surface area contributed by atoms with Crippen molar-refractivity contribution in [2.24, 2.45) is 0 Å². The molecule has 0 radical (unpaired) electrons. The Morgan fingerprint density at radius 2 is 1.92 bits per heavy atom. The largest absolute Gasteiger partial charge is 0.348 e. The molecule has 1 fully saturated rings. The second-order valence-corrected chi connectivity index (χ2v) is 7.25. The van der Waals surface area contributed by atoms with Gasteiger partial charge in [0.15, 0.2) is 5.69 Å². The molecule has 5 nitrogen and oxygen atoms in total. The number of nitrogens with zero attached hydrogens (tertiary/aromatic N) is 2. The first-order valence-corrected chi connectivity index (χ1v) is 9.43. The van der Waals surface area contributed by atoms with Crippen molar-refractivity contribution in [1.82, 2.24) is 20.4 Å². The summed E-state index contributed by atoms with van der Waals surface area (Å²) >= 11 is 0. The smallest absolute Gasteiger partial charge is 0.272 e. The summed E-state index contributed by atoms with van der Waals surface area (Å²) in [4.78, 5) is 15.1. The Morgan fingerprint density at radius 1 is 1.16 bits per heavy atom. The first-order chi connectivity index (χ1) is 12.3. The van der Waals surface area contributed by atoms with E-state index in [-0.39, 0.29) is 11.9 Å². The molecule has 1 aromatic carbocycles. The number of carbonyl (C=O) groups excluding carboxylic acids is 1. The maximum atomic E-state index is 12.6. The normalized spacial score (nSPS) is 18.7. The minimum absolute atomic E-state index is 0.000842. The Labute approximate surface area is 148 Å². The fourth-order valence-electron chi connectivity index (χ4n) is 4.00. The van der Waals surface area contributed by atoms with E-state index in [0.717, 1.165) is 63.0 Å². The number of nitrogens with one attached hydrogen (secondary N) is 2. The highest BCUT2D eigenvalue weighted by molar-refractivity contribution is 5.94. The average molecular weight is 338 g/mol. The van der Waals surface area contributed by atoms with Crippen molar-refractivity contribution in [2.75, 3.05) is 13.1 Å². The number of H-pyrrole nitrogens is 1. The van der Waals surface area contributed by atoms with E-state index < -0.39 is 0 Å². The molecular weight excluding hydrogens is 312 g/mol. The molecule has 2 aromatic rings. The van der Waals surface area contributed by atoms with Gasteiger partial charge in [-0.15, -0.1) is 0 Å². The average Bonchev–Trinajstić information content (AvgIpc) is 3.08. The number of carbonyl (C=O) groups is 1. The lowest BCUT2D eigenvalue weighted by molar-refractivity contribution is 0.0903. The summed E-state index contributed by atoms with van der Waals surface area (Å²) in [7, 11) is 0. The van der Waals surface area contributed by atoms with Crippen molar-refractivity contribution in [1.29, 1.82) is 0 Å². The van der Waals surface area contributed by atoms with Gasteiger partial charge in [-0.2, -0.15) is 5.10 Å². The fraction of sp³-hybridized carbons (Fsp3) is 0.500. The van der Waals surface area contributed by atoms with E-state index in [1.165, 1.54) is 12.0 Å². The molecule has 2 aliphatic rings. The van der Waals surface area contributed by atoms with Crippen LogP contribution in [0.1, 0.15) is 53.0 Å². The van der Waals surface area contributed by atoms with Crippen LogP contribution in [0.3, 0.4) is 0 Å². The Hall–Kier alpha value is -2.14. The molecule has 4 rings (SSSR count). The molecule has 25 heavy (non-hydrogen) atoms. The monoisotopic (exact) mass is 338 g/mol. The first kappa shape index (κ1) is 16.3. The van der Waals surface area contributed by atoms with Gasteiger partial charge in [0.25, 0.3) is 5.91 Å². The van der Waals surface area contributed by atoms with Crippen LogP contribution in [0, 0.1) is 0 Å². The number of hydrogen-bond acceptors (Lipinski definition) is 3. The minimum Gasteiger partial charge on any atom is -0.348 e. The molecule has 1 amide bonds. The number of hydrogen-bond donors (Lipinski definition) is 2. The summed E-state index contributed by atoms with van der Waals surface area (Å²) in [5, 5.41) is 10.6. The van der Waals surface area contributed by atoms with Crippen molar-refractivity contribution in [3.8, 4) is 0 Å². The van der Waals surface area contributed by atoms with Gasteiger partial charge in [0, 0.05) is 36.9 Å². The van der Waals surface area contributed by atoms with Crippen LogP contribution in [-0.2, 0) is 19.4 Å². The summed E-state index contributed by atoms with van der Waals surface area (Å²) in [5.41, 5.74) is 4.29. The lowest BCUT2D eigenvalue weighted by Crippen LogP contribution is -2.44. The van der Waals surface area contributed by atoms with Gasteiger partial charge in [-0.05, 0) is 44.1 Å². The topological polar surface area (TPSA) is 61.0 Å². The number of aromatic nitrogens is 2. The van der Waals surface area contributed by atoms with E-state index in [1.54, 1.807) is 0 Å². The molecule has 1 aliphatic heterocycles. The van der Waals surface area contributed by atoms with E-state index in [4.69, 9.17) is 0 Å². The lowest BCUT2D eigenvalue weighted by Gasteiger charge is -2.32. The predicted octanol–water partition coefficient (Wildman–Crippen LogP) is 2.68. The number of likely N-dealkylation sites (tertiary alicyclic amines) is 1. The summed E-state index contributed by atoms with van der Waals surface area (Å²) in [6.07, 6.45) is 6.36. The van der Waals surface area contributed by atoms with Gasteiger partial charge in [0.05, 0.1) is 0 Å². The number of aryl methyl sites for hydroxylation is 1. The van der Waals surface area contributed by atoms with Crippen molar-refractivity contribution in [3.63, 3.8) is 0 Å². The second kappa shape index (κ2) is 7.40. The second-order valence-electron chi connectivity index (χ2n) is 7.25. The molecule has 2 N–H and O–H groups in total. The molecule has 1 saturated heterocycles. The molecule has 1 aliphatic carbocycles. The van der Waals surface area contributed by atoms with Gasteiger partial charge in [-0.1, -0.05) is 30.3 Å². The van der Waals surface area contributed by atoms with Gasteiger partial charge in [0.2, 0.25) is 0 Å². The lowest BCUT2D eigenvalue weighted by atomic mass is 9.95. The fourth-order valence-corrected chi connectivity index (χ4v) is 4.00. The first-order valence-electron chi connectivity index (χ1n) is 9.43. The summed E-state index contributed by atoms with van der Waals surface area (Å²) in [6, 6.07) is 10.8. The van der Waals surface area contributed by atoms with E-state index in [9.17, 15) is 4.79 Å². The standard InChI is InChI=1S/C20H26N4O/c25-20(19-17-8-4-5-9-18(17)22-23-19)21-16-10-12-24(13-11-16)14-15-6-2-1-3-7-15/h1-3,6-7,16H,4-5,8-14H2,(H,21,25)(H,22,23). The third-order valence-electron chi connectivity index (χ3n) is 5.44. The number of amides is 1. The summed E-state index contributed by atoms with van der Waals surface area (Å²) in [6.45, 7) is 3.05. The van der Waals surface area contributed by atoms with Crippen LogP contribution in [-0.4, -0.2) is 40.1 Å². The number of benzene rings is 1.